The molecule has 0 saturated carbocycles. The number of aldehydes is 1. The molecule has 1 aromatic heterocycles. The molecule has 0 bridgehead atoms. The lowest BCUT2D eigenvalue weighted by molar-refractivity contribution is 0.0964. The van der Waals surface area contributed by atoms with Crippen LogP contribution >= 0.6 is 15.9 Å². The first-order valence-corrected chi connectivity index (χ1v) is 9.07. The quantitative estimate of drug-likeness (QED) is 0.710. The van der Waals surface area contributed by atoms with Crippen LogP contribution in [0.3, 0.4) is 0 Å². The Labute approximate surface area is 153 Å². The first-order valence-electron chi connectivity index (χ1n) is 8.28. The van der Waals surface area contributed by atoms with Crippen LogP contribution in [0.1, 0.15) is 46.0 Å². The van der Waals surface area contributed by atoms with E-state index in [-0.39, 0.29) is 11.3 Å². The largest absolute Gasteiger partial charge is 0.339 e. The maximum atomic E-state index is 13.9. The van der Waals surface area contributed by atoms with E-state index in [4.69, 9.17) is 0 Å². The van der Waals surface area contributed by atoms with Crippen LogP contribution < -0.4 is 4.90 Å². The van der Waals surface area contributed by atoms with Crippen LogP contribution in [0.4, 0.5) is 10.1 Å². The number of amides is 1. The number of carbonyl (C=O) groups is 2. The van der Waals surface area contributed by atoms with Crippen molar-refractivity contribution in [1.82, 2.24) is 4.57 Å². The molecular formula is C19H18BrFN2O2. The Bertz CT molecular complexity index is 917. The van der Waals surface area contributed by atoms with Gasteiger partial charge in [-0.15, -0.1) is 0 Å². The zero-order chi connectivity index (χ0) is 17.9. The number of aromatic nitrogens is 1. The molecule has 4 rings (SSSR count). The molecular weight excluding hydrogens is 387 g/mol. The average Bonchev–Trinajstić information content (AvgIpc) is 2.99. The van der Waals surface area contributed by atoms with Crippen molar-refractivity contribution in [2.45, 2.75) is 33.2 Å². The Balaban J connectivity index is 1.76. The van der Waals surface area contributed by atoms with E-state index >= 15 is 0 Å². The summed E-state index contributed by atoms with van der Waals surface area (Å²) >= 11 is 3.21. The van der Waals surface area contributed by atoms with Crippen LogP contribution in [0.5, 0.6) is 0 Å². The van der Waals surface area contributed by atoms with Crippen LogP contribution in [0.15, 0.2) is 22.7 Å². The van der Waals surface area contributed by atoms with E-state index in [1.807, 2.05) is 6.07 Å². The van der Waals surface area contributed by atoms with Gasteiger partial charge in [-0.2, -0.15) is 0 Å². The highest BCUT2D eigenvalue weighted by atomic mass is 79.9. The highest BCUT2D eigenvalue weighted by Crippen LogP contribution is 2.40. The van der Waals surface area contributed by atoms with E-state index in [1.165, 1.54) is 28.3 Å². The minimum absolute atomic E-state index is 0.181. The summed E-state index contributed by atoms with van der Waals surface area (Å²) in [7, 11) is 0. The van der Waals surface area contributed by atoms with Gasteiger partial charge in [0.15, 0.2) is 6.29 Å². The van der Waals surface area contributed by atoms with Crippen molar-refractivity contribution in [2.75, 3.05) is 11.4 Å². The molecule has 1 aliphatic carbocycles. The third-order valence-electron chi connectivity index (χ3n) is 5.11. The second kappa shape index (κ2) is 5.53. The summed E-state index contributed by atoms with van der Waals surface area (Å²) in [6, 6.07) is 4.45. The van der Waals surface area contributed by atoms with Crippen molar-refractivity contribution in [3.63, 3.8) is 0 Å². The predicted octanol–water partition coefficient (Wildman–Crippen LogP) is 3.99. The van der Waals surface area contributed by atoms with Crippen LogP contribution in [-0.2, 0) is 19.4 Å². The third kappa shape index (κ3) is 2.54. The Kier molecular flexibility index (Phi) is 3.65. The molecule has 4 nitrogen and oxygen atoms in total. The van der Waals surface area contributed by atoms with Gasteiger partial charge in [-0.1, -0.05) is 13.8 Å². The van der Waals surface area contributed by atoms with Gasteiger partial charge in [-0.25, -0.2) is 4.39 Å². The Morgan fingerprint density at radius 2 is 1.96 bits per heavy atom. The van der Waals surface area contributed by atoms with E-state index in [1.54, 1.807) is 0 Å². The van der Waals surface area contributed by atoms with Crippen molar-refractivity contribution in [3.8, 4) is 0 Å². The van der Waals surface area contributed by atoms with E-state index < -0.39 is 5.82 Å². The molecule has 0 radical (unpaired) electrons. The number of nitrogens with zero attached hydrogens (tertiary/aromatic N) is 2. The summed E-state index contributed by atoms with van der Waals surface area (Å²) in [5.41, 5.74) is 3.94. The lowest BCUT2D eigenvalue weighted by Crippen LogP contribution is -2.41. The monoisotopic (exact) mass is 404 g/mol. The predicted molar refractivity (Wildman–Crippen MR) is 96.8 cm³/mol. The summed E-state index contributed by atoms with van der Waals surface area (Å²) in [5, 5.41) is 0. The molecule has 2 aromatic rings. The molecule has 0 N–H and O–H groups in total. The molecule has 1 amide bonds. The Morgan fingerprint density at radius 3 is 2.68 bits per heavy atom. The number of fused-ring (bicyclic) bond motifs is 3. The maximum absolute atomic E-state index is 13.9. The van der Waals surface area contributed by atoms with Gasteiger partial charge < -0.3 is 9.47 Å². The molecule has 2 heterocycles. The summed E-state index contributed by atoms with van der Waals surface area (Å²) in [6.07, 6.45) is 2.57. The van der Waals surface area contributed by atoms with Crippen molar-refractivity contribution >= 4 is 33.8 Å². The minimum Gasteiger partial charge on any atom is -0.339 e. The number of benzene rings is 1. The van der Waals surface area contributed by atoms with Gasteiger partial charge in [0.25, 0.3) is 5.91 Å². The highest BCUT2D eigenvalue weighted by molar-refractivity contribution is 9.10. The standard InChI is InChI=1S/C19H18BrFN2O2/c1-19(2)8-11-5-16-18(25)23(4-3-22(16)17(11)9-19)15-7-12(21)6-14(20)13(15)10-24/h5-7,10H,3-4,8-9H2,1-2H3. The van der Waals surface area contributed by atoms with E-state index in [9.17, 15) is 14.0 Å². The molecule has 0 unspecified atom stereocenters. The second-order valence-corrected chi connectivity index (χ2v) is 8.42. The van der Waals surface area contributed by atoms with Gasteiger partial charge in [0.1, 0.15) is 11.5 Å². The average molecular weight is 405 g/mol. The van der Waals surface area contributed by atoms with Crippen LogP contribution in [0, 0.1) is 11.2 Å². The van der Waals surface area contributed by atoms with Gasteiger partial charge in [-0.05, 0) is 57.9 Å². The van der Waals surface area contributed by atoms with Gasteiger partial charge >= 0.3 is 0 Å². The normalized spacial score (nSPS) is 18.2. The van der Waals surface area contributed by atoms with Gasteiger partial charge in [-0.3, -0.25) is 9.59 Å². The van der Waals surface area contributed by atoms with Crippen molar-refractivity contribution in [3.05, 3.63) is 51.0 Å². The fraction of sp³-hybridized carbons (Fsp3) is 0.368. The van der Waals surface area contributed by atoms with Crippen molar-refractivity contribution in [1.29, 1.82) is 0 Å². The minimum atomic E-state index is -0.481. The van der Waals surface area contributed by atoms with Crippen LogP contribution in [0.25, 0.3) is 0 Å². The zero-order valence-corrected chi connectivity index (χ0v) is 15.7. The molecule has 1 aromatic carbocycles. The van der Waals surface area contributed by atoms with E-state index in [0.717, 1.165) is 12.8 Å². The molecule has 25 heavy (non-hydrogen) atoms. The second-order valence-electron chi connectivity index (χ2n) is 7.57. The molecule has 2 aliphatic rings. The number of halogens is 2. The number of anilines is 1. The van der Waals surface area contributed by atoms with E-state index in [2.05, 4.69) is 34.3 Å². The Hall–Kier alpha value is -1.95. The van der Waals surface area contributed by atoms with Gasteiger partial charge in [0, 0.05) is 23.3 Å². The fourth-order valence-electron chi connectivity index (χ4n) is 4.05. The third-order valence-corrected chi connectivity index (χ3v) is 5.76. The topological polar surface area (TPSA) is 42.3 Å². The van der Waals surface area contributed by atoms with Crippen molar-refractivity contribution < 1.29 is 14.0 Å². The SMILES string of the molecule is CC1(C)Cc2cc3n(c2C1)CCN(c1cc(F)cc(Br)c1C=O)C3=O. The molecule has 6 heteroatoms. The lowest BCUT2D eigenvalue weighted by Gasteiger charge is -2.31. The summed E-state index contributed by atoms with van der Waals surface area (Å²) in [4.78, 5) is 26.0. The molecule has 1 aliphatic heterocycles. The molecule has 130 valence electrons. The number of hydrogen-bond acceptors (Lipinski definition) is 2. The zero-order valence-electron chi connectivity index (χ0n) is 14.1. The fourth-order valence-corrected chi connectivity index (χ4v) is 4.57. The maximum Gasteiger partial charge on any atom is 0.274 e. The molecule has 0 saturated heterocycles. The first-order chi connectivity index (χ1) is 11.8. The Morgan fingerprint density at radius 1 is 1.20 bits per heavy atom. The first kappa shape index (κ1) is 16.5. The van der Waals surface area contributed by atoms with E-state index in [0.29, 0.717) is 40.8 Å². The molecule has 0 spiro atoms. The van der Waals surface area contributed by atoms with Gasteiger partial charge in [0.05, 0.1) is 11.3 Å². The number of carbonyl (C=O) groups excluding carboxylic acids is 2. The molecule has 0 atom stereocenters. The summed E-state index contributed by atoms with van der Waals surface area (Å²) in [6.45, 7) is 5.54. The molecule has 0 fully saturated rings. The van der Waals surface area contributed by atoms with Crippen molar-refractivity contribution in [2.24, 2.45) is 5.41 Å². The number of rotatable bonds is 2. The van der Waals surface area contributed by atoms with Crippen LogP contribution in [0.2, 0.25) is 0 Å². The van der Waals surface area contributed by atoms with Gasteiger partial charge in [0.2, 0.25) is 0 Å². The van der Waals surface area contributed by atoms with Crippen LogP contribution in [-0.4, -0.2) is 23.3 Å². The smallest absolute Gasteiger partial charge is 0.274 e. The highest BCUT2D eigenvalue weighted by Gasteiger charge is 2.37. The summed E-state index contributed by atoms with van der Waals surface area (Å²) < 4.78 is 16.3. The summed E-state index contributed by atoms with van der Waals surface area (Å²) in [5.74, 6) is -0.662. The lowest BCUT2D eigenvalue weighted by atomic mass is 9.90. The number of hydrogen-bond donors (Lipinski definition) is 0.